The van der Waals surface area contributed by atoms with Crippen molar-refractivity contribution in [2.24, 2.45) is 5.73 Å². The van der Waals surface area contributed by atoms with Crippen LogP contribution in [0.25, 0.3) is 0 Å². The lowest BCUT2D eigenvalue weighted by Crippen LogP contribution is -2.01. The molecule has 0 aliphatic carbocycles. The van der Waals surface area contributed by atoms with Gasteiger partial charge in [0.15, 0.2) is 0 Å². The van der Waals surface area contributed by atoms with E-state index in [0.29, 0.717) is 0 Å². The van der Waals surface area contributed by atoms with Crippen LogP contribution in [0.5, 0.6) is 0 Å². The Hall–Kier alpha value is -0.340. The predicted octanol–water partition coefficient (Wildman–Crippen LogP) is 1.58. The van der Waals surface area contributed by atoms with Gasteiger partial charge >= 0.3 is 0 Å². The van der Waals surface area contributed by atoms with Crippen LogP contribution >= 0.6 is 11.3 Å². The fourth-order valence-corrected chi connectivity index (χ4v) is 1.15. The predicted molar refractivity (Wildman–Crippen MR) is 36.6 cm³/mol. The number of hydrogen-bond acceptors (Lipinski definition) is 2. The van der Waals surface area contributed by atoms with Crippen LogP contribution in [-0.2, 0) is 0 Å². The molecule has 1 radical (unpaired) electrons. The van der Waals surface area contributed by atoms with E-state index in [4.69, 9.17) is 5.73 Å². The van der Waals surface area contributed by atoms with E-state index in [9.17, 15) is 0 Å². The maximum absolute atomic E-state index is 5.46. The van der Waals surface area contributed by atoms with Crippen molar-refractivity contribution in [3.05, 3.63) is 29.3 Å². The minimum atomic E-state index is -0.0463. The molecule has 8 heavy (non-hydrogen) atoms. The standard InChI is InChI=1S/C6H8NS/c1-5(7)6-3-2-4-8-6/h2-5H,1,7H2. The molecule has 1 aromatic rings. The number of rotatable bonds is 1. The zero-order valence-corrected chi connectivity index (χ0v) is 5.32. The molecule has 0 saturated carbocycles. The minimum absolute atomic E-state index is 0.0463. The van der Waals surface area contributed by atoms with Gasteiger partial charge in [0.2, 0.25) is 0 Å². The first-order valence-electron chi connectivity index (χ1n) is 2.43. The molecular weight excluding hydrogens is 118 g/mol. The van der Waals surface area contributed by atoms with Crippen LogP contribution in [0.4, 0.5) is 0 Å². The Bertz CT molecular complexity index is 144. The quantitative estimate of drug-likeness (QED) is 0.607. The summed E-state index contributed by atoms with van der Waals surface area (Å²) in [6, 6.07) is 3.92. The molecule has 0 spiro atoms. The zero-order valence-electron chi connectivity index (χ0n) is 4.50. The second-order valence-electron chi connectivity index (χ2n) is 1.62. The lowest BCUT2D eigenvalue weighted by Gasteiger charge is -1.96. The first-order chi connectivity index (χ1) is 3.80. The summed E-state index contributed by atoms with van der Waals surface area (Å²) in [4.78, 5) is 1.14. The highest BCUT2D eigenvalue weighted by Gasteiger charge is 1.96. The van der Waals surface area contributed by atoms with Crippen LogP contribution in [0.3, 0.4) is 0 Å². The molecule has 0 bridgehead atoms. The third kappa shape index (κ3) is 1.08. The van der Waals surface area contributed by atoms with Crippen molar-refractivity contribution in [1.29, 1.82) is 0 Å². The fourth-order valence-electron chi connectivity index (χ4n) is 0.502. The van der Waals surface area contributed by atoms with Crippen molar-refractivity contribution in [2.45, 2.75) is 6.04 Å². The van der Waals surface area contributed by atoms with Crippen molar-refractivity contribution in [3.63, 3.8) is 0 Å². The van der Waals surface area contributed by atoms with Gasteiger partial charge in [-0.3, -0.25) is 0 Å². The fraction of sp³-hybridized carbons (Fsp3) is 0.167. The third-order valence-electron chi connectivity index (χ3n) is 0.909. The second kappa shape index (κ2) is 2.29. The molecule has 43 valence electrons. The molecule has 1 aromatic heterocycles. The van der Waals surface area contributed by atoms with Crippen molar-refractivity contribution < 1.29 is 0 Å². The average molecular weight is 126 g/mol. The second-order valence-corrected chi connectivity index (χ2v) is 2.60. The summed E-state index contributed by atoms with van der Waals surface area (Å²) in [5.41, 5.74) is 5.46. The van der Waals surface area contributed by atoms with Crippen molar-refractivity contribution in [3.8, 4) is 0 Å². The number of thiophene rings is 1. The molecule has 0 saturated heterocycles. The zero-order chi connectivity index (χ0) is 5.98. The summed E-state index contributed by atoms with van der Waals surface area (Å²) in [7, 11) is 0. The minimum Gasteiger partial charge on any atom is -0.323 e. The topological polar surface area (TPSA) is 26.0 Å². The molecule has 0 aromatic carbocycles. The van der Waals surface area contributed by atoms with E-state index in [1.807, 2.05) is 17.5 Å². The normalized spacial score (nSPS) is 13.8. The largest absolute Gasteiger partial charge is 0.323 e. The summed E-state index contributed by atoms with van der Waals surface area (Å²) in [5, 5.41) is 2.00. The molecule has 1 atom stereocenters. The van der Waals surface area contributed by atoms with E-state index >= 15 is 0 Å². The Kier molecular flexibility index (Phi) is 1.65. The SMILES string of the molecule is [CH2]C(N)c1cccs1. The van der Waals surface area contributed by atoms with Gasteiger partial charge in [-0.15, -0.1) is 11.3 Å². The molecule has 0 fully saturated rings. The van der Waals surface area contributed by atoms with E-state index in [0.717, 1.165) is 4.88 Å². The molecule has 2 N–H and O–H groups in total. The van der Waals surface area contributed by atoms with Crippen molar-refractivity contribution in [2.75, 3.05) is 0 Å². The lowest BCUT2D eigenvalue weighted by molar-refractivity contribution is 0.933. The van der Waals surface area contributed by atoms with Crippen LogP contribution < -0.4 is 5.73 Å². The molecule has 0 aliphatic rings. The molecular formula is C6H8NS. The van der Waals surface area contributed by atoms with Crippen molar-refractivity contribution in [1.82, 2.24) is 0 Å². The average Bonchev–Trinajstić information content (AvgIpc) is 2.12. The van der Waals surface area contributed by atoms with Crippen LogP contribution in [0.2, 0.25) is 0 Å². The Morgan fingerprint density at radius 3 is 2.75 bits per heavy atom. The Morgan fingerprint density at radius 2 is 2.50 bits per heavy atom. The molecule has 1 nitrogen and oxygen atoms in total. The summed E-state index contributed by atoms with van der Waals surface area (Å²) >= 11 is 1.64. The van der Waals surface area contributed by atoms with E-state index in [1.165, 1.54) is 0 Å². The van der Waals surface area contributed by atoms with E-state index in [-0.39, 0.29) is 6.04 Å². The number of nitrogens with two attached hydrogens (primary N) is 1. The lowest BCUT2D eigenvalue weighted by atomic mass is 10.3. The molecule has 0 aliphatic heterocycles. The molecule has 1 unspecified atom stereocenters. The van der Waals surface area contributed by atoms with Gasteiger partial charge in [0, 0.05) is 10.9 Å². The van der Waals surface area contributed by atoms with Gasteiger partial charge in [-0.1, -0.05) is 6.07 Å². The van der Waals surface area contributed by atoms with Crippen molar-refractivity contribution >= 4 is 11.3 Å². The molecule has 2 heteroatoms. The Morgan fingerprint density at radius 1 is 1.75 bits per heavy atom. The number of hydrogen-bond donors (Lipinski definition) is 1. The third-order valence-corrected chi connectivity index (χ3v) is 1.91. The summed E-state index contributed by atoms with van der Waals surface area (Å²) in [5.74, 6) is 0. The van der Waals surface area contributed by atoms with Gasteiger partial charge in [-0.25, -0.2) is 0 Å². The van der Waals surface area contributed by atoms with Crippen LogP contribution in [0.1, 0.15) is 10.9 Å². The van der Waals surface area contributed by atoms with Gasteiger partial charge in [0.25, 0.3) is 0 Å². The van der Waals surface area contributed by atoms with Gasteiger partial charge in [0.05, 0.1) is 0 Å². The smallest absolute Gasteiger partial charge is 0.0390 e. The van der Waals surface area contributed by atoms with Crippen LogP contribution in [0, 0.1) is 6.92 Å². The summed E-state index contributed by atoms with van der Waals surface area (Å²) in [6.45, 7) is 3.67. The van der Waals surface area contributed by atoms with Gasteiger partial charge < -0.3 is 5.73 Å². The van der Waals surface area contributed by atoms with Crippen LogP contribution in [0.15, 0.2) is 17.5 Å². The maximum Gasteiger partial charge on any atom is 0.0390 e. The molecule has 0 amide bonds. The highest BCUT2D eigenvalue weighted by atomic mass is 32.1. The maximum atomic E-state index is 5.46. The molecule has 1 rings (SSSR count). The Balaban J connectivity index is 2.77. The highest BCUT2D eigenvalue weighted by Crippen LogP contribution is 2.14. The molecule has 1 heterocycles. The van der Waals surface area contributed by atoms with E-state index < -0.39 is 0 Å². The first-order valence-corrected chi connectivity index (χ1v) is 3.31. The first kappa shape index (κ1) is 5.79. The van der Waals surface area contributed by atoms with Gasteiger partial charge in [-0.2, -0.15) is 0 Å². The van der Waals surface area contributed by atoms with Crippen LogP contribution in [-0.4, -0.2) is 0 Å². The monoisotopic (exact) mass is 126 g/mol. The van der Waals surface area contributed by atoms with Gasteiger partial charge in [-0.05, 0) is 18.4 Å². The Labute approximate surface area is 53.1 Å². The highest BCUT2D eigenvalue weighted by molar-refractivity contribution is 7.10. The van der Waals surface area contributed by atoms with Gasteiger partial charge in [0.1, 0.15) is 0 Å². The summed E-state index contributed by atoms with van der Waals surface area (Å²) < 4.78 is 0. The van der Waals surface area contributed by atoms with E-state index in [1.54, 1.807) is 11.3 Å². The summed E-state index contributed by atoms with van der Waals surface area (Å²) in [6.07, 6.45) is 0. The van der Waals surface area contributed by atoms with E-state index in [2.05, 4.69) is 6.92 Å².